The van der Waals surface area contributed by atoms with Crippen LogP contribution in [0, 0.1) is 0 Å². The number of aliphatic hydroxyl groups excluding tert-OH is 1. The summed E-state index contributed by atoms with van der Waals surface area (Å²) < 4.78 is 31.4. The Balaban J connectivity index is 0. The van der Waals surface area contributed by atoms with Gasteiger partial charge in [0.25, 0.3) is 0 Å². The third kappa shape index (κ3) is 23.5. The predicted molar refractivity (Wildman–Crippen MR) is 90.9 cm³/mol. The molecule has 0 aliphatic rings. The number of aliphatic hydroxyl groups is 1. The molecule has 134 valence electrons. The third-order valence-corrected chi connectivity index (χ3v) is 4.83. The molecule has 1 atom stereocenters. The Hall–Kier alpha value is 1.51. The van der Waals surface area contributed by atoms with Crippen molar-refractivity contribution in [3.8, 4) is 0 Å². The zero-order valence-corrected chi connectivity index (χ0v) is 19.2. The maximum Gasteiger partial charge on any atom is 1.00 e. The van der Waals surface area contributed by atoms with Gasteiger partial charge in [-0.2, -0.15) is 0 Å². The van der Waals surface area contributed by atoms with Crippen LogP contribution >= 0.6 is 0 Å². The molecular formula is C17H35KO4S. The maximum absolute atomic E-state index is 10.5. The SMILES string of the molecule is CCCCCCCCCCCCCCCC(O)CS(=O)(=O)[O-].[K+]. The molecule has 23 heavy (non-hydrogen) atoms. The molecule has 0 rings (SSSR count). The second-order valence-corrected chi connectivity index (χ2v) is 7.86. The van der Waals surface area contributed by atoms with Crippen LogP contribution in [0.1, 0.15) is 96.8 Å². The van der Waals surface area contributed by atoms with E-state index in [1.807, 2.05) is 0 Å². The van der Waals surface area contributed by atoms with E-state index in [2.05, 4.69) is 6.92 Å². The molecule has 0 fully saturated rings. The van der Waals surface area contributed by atoms with Crippen LogP contribution in [0.15, 0.2) is 0 Å². The van der Waals surface area contributed by atoms with Crippen molar-refractivity contribution in [2.24, 2.45) is 0 Å². The minimum atomic E-state index is -4.29. The van der Waals surface area contributed by atoms with Crippen molar-refractivity contribution in [2.45, 2.75) is 103 Å². The van der Waals surface area contributed by atoms with Crippen molar-refractivity contribution < 1.29 is 69.5 Å². The Morgan fingerprint density at radius 2 is 1.13 bits per heavy atom. The van der Waals surface area contributed by atoms with Crippen LogP contribution in [0.3, 0.4) is 0 Å². The fourth-order valence-electron chi connectivity index (χ4n) is 2.72. The molecule has 0 spiro atoms. The maximum atomic E-state index is 10.5. The van der Waals surface area contributed by atoms with Gasteiger partial charge in [-0.25, -0.2) is 8.42 Å². The number of rotatable bonds is 16. The van der Waals surface area contributed by atoms with Gasteiger partial charge in [-0.3, -0.25) is 0 Å². The molecule has 0 aliphatic carbocycles. The molecule has 0 bridgehead atoms. The van der Waals surface area contributed by atoms with Crippen molar-refractivity contribution in [1.82, 2.24) is 0 Å². The standard InChI is InChI=1S/C17H36O4S.K/c1-2-3-4-5-6-7-8-9-10-11-12-13-14-15-17(18)16-22(19,20)21;/h17-18H,2-16H2,1H3,(H,19,20,21);/q;+1/p-1. The summed E-state index contributed by atoms with van der Waals surface area (Å²) in [6.07, 6.45) is 15.7. The molecule has 0 saturated carbocycles. The van der Waals surface area contributed by atoms with Crippen LogP contribution in [0.2, 0.25) is 0 Å². The van der Waals surface area contributed by atoms with Gasteiger partial charge in [0.2, 0.25) is 0 Å². The van der Waals surface area contributed by atoms with Crippen molar-refractivity contribution in [3.05, 3.63) is 0 Å². The summed E-state index contributed by atoms with van der Waals surface area (Å²) in [6, 6.07) is 0. The van der Waals surface area contributed by atoms with Crippen LogP contribution in [0.5, 0.6) is 0 Å². The van der Waals surface area contributed by atoms with E-state index in [4.69, 9.17) is 0 Å². The minimum Gasteiger partial charge on any atom is -0.748 e. The first-order valence-corrected chi connectivity index (χ1v) is 10.6. The van der Waals surface area contributed by atoms with Crippen molar-refractivity contribution in [3.63, 3.8) is 0 Å². The first-order chi connectivity index (χ1) is 10.5. The molecule has 0 amide bonds. The largest absolute Gasteiger partial charge is 1.00 e. The van der Waals surface area contributed by atoms with Gasteiger partial charge in [-0.15, -0.1) is 0 Å². The van der Waals surface area contributed by atoms with Crippen LogP contribution < -0.4 is 51.4 Å². The Bertz CT molecular complexity index is 333. The monoisotopic (exact) mass is 374 g/mol. The Morgan fingerprint density at radius 1 is 0.783 bits per heavy atom. The molecule has 0 radical (unpaired) electrons. The van der Waals surface area contributed by atoms with Crippen molar-refractivity contribution in [2.75, 3.05) is 5.75 Å². The van der Waals surface area contributed by atoms with Gasteiger partial charge in [0.1, 0.15) is 0 Å². The summed E-state index contributed by atoms with van der Waals surface area (Å²) in [4.78, 5) is 0. The zero-order chi connectivity index (χ0) is 16.7. The van der Waals surface area contributed by atoms with Crippen LogP contribution in [0.25, 0.3) is 0 Å². The number of hydrogen-bond donors (Lipinski definition) is 1. The van der Waals surface area contributed by atoms with E-state index < -0.39 is 22.0 Å². The molecule has 0 aromatic rings. The second-order valence-electron chi connectivity index (χ2n) is 6.41. The van der Waals surface area contributed by atoms with Gasteiger partial charge >= 0.3 is 51.4 Å². The summed E-state index contributed by atoms with van der Waals surface area (Å²) in [5.41, 5.74) is 0. The topological polar surface area (TPSA) is 77.4 Å². The molecule has 1 unspecified atom stereocenters. The number of unbranched alkanes of at least 4 members (excludes halogenated alkanes) is 12. The van der Waals surface area contributed by atoms with Crippen molar-refractivity contribution >= 4 is 10.1 Å². The Morgan fingerprint density at radius 3 is 1.48 bits per heavy atom. The summed E-state index contributed by atoms with van der Waals surface area (Å²) in [6.45, 7) is 2.24. The molecule has 0 aliphatic heterocycles. The summed E-state index contributed by atoms with van der Waals surface area (Å²) in [5, 5.41) is 9.38. The number of hydrogen-bond acceptors (Lipinski definition) is 4. The predicted octanol–water partition coefficient (Wildman–Crippen LogP) is 1.38. The quantitative estimate of drug-likeness (QED) is 0.251. The van der Waals surface area contributed by atoms with Crippen LogP contribution in [-0.2, 0) is 10.1 Å². The average molecular weight is 375 g/mol. The molecular weight excluding hydrogens is 339 g/mol. The van der Waals surface area contributed by atoms with Crippen LogP contribution in [0.4, 0.5) is 0 Å². The van der Waals surface area contributed by atoms with Gasteiger partial charge in [-0.05, 0) is 6.42 Å². The van der Waals surface area contributed by atoms with Gasteiger partial charge in [0, 0.05) is 0 Å². The molecule has 0 aromatic carbocycles. The molecule has 0 aromatic heterocycles. The molecule has 4 nitrogen and oxygen atoms in total. The molecule has 1 N–H and O–H groups in total. The second kappa shape index (κ2) is 18.3. The first kappa shape index (κ1) is 26.7. The van der Waals surface area contributed by atoms with Crippen molar-refractivity contribution in [1.29, 1.82) is 0 Å². The summed E-state index contributed by atoms with van der Waals surface area (Å²) in [5.74, 6) is -0.648. The zero-order valence-electron chi connectivity index (χ0n) is 15.3. The van der Waals surface area contributed by atoms with E-state index in [9.17, 15) is 18.1 Å². The van der Waals surface area contributed by atoms with E-state index in [0.717, 1.165) is 19.3 Å². The summed E-state index contributed by atoms with van der Waals surface area (Å²) >= 11 is 0. The van der Waals surface area contributed by atoms with E-state index in [1.54, 1.807) is 0 Å². The van der Waals surface area contributed by atoms with E-state index in [0.29, 0.717) is 6.42 Å². The minimum absolute atomic E-state index is 0. The normalized spacial score (nSPS) is 12.8. The van der Waals surface area contributed by atoms with E-state index >= 15 is 0 Å². The van der Waals surface area contributed by atoms with Gasteiger partial charge in [0.15, 0.2) is 0 Å². The molecule has 0 heterocycles. The van der Waals surface area contributed by atoms with Crippen LogP contribution in [-0.4, -0.2) is 29.9 Å². The third-order valence-electron chi connectivity index (χ3n) is 4.04. The smallest absolute Gasteiger partial charge is 0.748 e. The van der Waals surface area contributed by atoms with Gasteiger partial charge in [0.05, 0.1) is 22.0 Å². The Kier molecular flexibility index (Phi) is 21.3. The Labute approximate surface area is 186 Å². The first-order valence-electron chi connectivity index (χ1n) is 9.07. The van der Waals surface area contributed by atoms with E-state index in [-0.39, 0.29) is 51.4 Å². The van der Waals surface area contributed by atoms with E-state index in [1.165, 1.54) is 64.2 Å². The fraction of sp³-hybridized carbons (Fsp3) is 1.00. The molecule has 6 heteroatoms. The fourth-order valence-corrected chi connectivity index (χ4v) is 3.35. The summed E-state index contributed by atoms with van der Waals surface area (Å²) in [7, 11) is -4.29. The van der Waals surface area contributed by atoms with Gasteiger partial charge < -0.3 is 9.66 Å². The average Bonchev–Trinajstić information content (AvgIpc) is 2.42. The van der Waals surface area contributed by atoms with Gasteiger partial charge in [-0.1, -0.05) is 90.4 Å². The molecule has 0 saturated heterocycles.